The van der Waals surface area contributed by atoms with Crippen LogP contribution in [0.5, 0.6) is 0 Å². The Labute approximate surface area is 130 Å². The van der Waals surface area contributed by atoms with E-state index in [4.69, 9.17) is 0 Å². The summed E-state index contributed by atoms with van der Waals surface area (Å²) in [5.41, 5.74) is 0.292. The minimum absolute atomic E-state index is 0.292. The van der Waals surface area contributed by atoms with Gasteiger partial charge in [-0.2, -0.15) is 2.95 Å². The summed E-state index contributed by atoms with van der Waals surface area (Å²) in [4.78, 5) is 0. The molecule has 0 aliphatic heterocycles. The van der Waals surface area contributed by atoms with E-state index in [2.05, 4.69) is 53.1 Å². The van der Waals surface area contributed by atoms with E-state index < -0.39 is 14.5 Å². The maximum atomic E-state index is 9.75. The molecule has 0 radical (unpaired) electrons. The maximum Gasteiger partial charge on any atom is 0.673 e. The van der Waals surface area contributed by atoms with Crippen LogP contribution in [0.25, 0.3) is 0 Å². The molecule has 126 valence electrons. The molecule has 0 aromatic heterocycles. The molecule has 0 amide bonds. The van der Waals surface area contributed by atoms with E-state index in [1.165, 1.54) is 0 Å². The Morgan fingerprint density at radius 2 is 0.850 bits per heavy atom. The average molecular weight is 447 g/mol. The van der Waals surface area contributed by atoms with E-state index in [1.807, 2.05) is 2.95 Å². The van der Waals surface area contributed by atoms with Crippen molar-refractivity contribution in [3.05, 3.63) is 0 Å². The molecule has 13 heteroatoms. The SMILES string of the molecule is CCC(CC)(CC)N(Br)Br.F[B-](F)(F)F.F[B-](F)(F)F. The van der Waals surface area contributed by atoms with Crippen molar-refractivity contribution in [1.82, 2.24) is 2.95 Å². The normalized spacial score (nSPS) is 12.3. The number of hydrogen-bond donors (Lipinski definition) is 0. The summed E-state index contributed by atoms with van der Waals surface area (Å²) in [5, 5.41) is 0. The summed E-state index contributed by atoms with van der Waals surface area (Å²) in [6.07, 6.45) is 3.49. The highest BCUT2D eigenvalue weighted by Gasteiger charge is 2.28. The zero-order valence-electron chi connectivity index (χ0n) is 11.0. The van der Waals surface area contributed by atoms with Crippen molar-refractivity contribution in [3.63, 3.8) is 0 Å². The smallest absolute Gasteiger partial charge is 0.418 e. The molecular weight excluding hydrogens is 431 g/mol. The fraction of sp³-hybridized carbons (Fsp3) is 1.00. The predicted octanol–water partition coefficient (Wildman–Crippen LogP) is 6.48. The highest BCUT2D eigenvalue weighted by atomic mass is 79.9. The number of hydrogen-bond acceptors (Lipinski definition) is 1. The van der Waals surface area contributed by atoms with Crippen molar-refractivity contribution < 1.29 is 34.5 Å². The molecule has 0 spiro atoms. The van der Waals surface area contributed by atoms with E-state index in [0.29, 0.717) is 5.54 Å². The van der Waals surface area contributed by atoms with Gasteiger partial charge in [0, 0.05) is 37.8 Å². The number of halogens is 10. The van der Waals surface area contributed by atoms with Gasteiger partial charge in [-0.1, -0.05) is 20.8 Å². The van der Waals surface area contributed by atoms with Gasteiger partial charge in [-0.3, -0.25) is 0 Å². The summed E-state index contributed by atoms with van der Waals surface area (Å²) >= 11 is 6.86. The average Bonchev–Trinajstić information content (AvgIpc) is 2.15. The van der Waals surface area contributed by atoms with Crippen molar-refractivity contribution in [2.75, 3.05) is 0 Å². The van der Waals surface area contributed by atoms with Crippen LogP contribution in [0.1, 0.15) is 40.0 Å². The topological polar surface area (TPSA) is 3.24 Å². The third-order valence-electron chi connectivity index (χ3n) is 2.33. The quantitative estimate of drug-likeness (QED) is 0.271. The second-order valence-corrected chi connectivity index (χ2v) is 5.88. The largest absolute Gasteiger partial charge is 0.673 e. The van der Waals surface area contributed by atoms with E-state index in [1.54, 1.807) is 0 Å². The Kier molecular flexibility index (Phi) is 14.1. The van der Waals surface area contributed by atoms with E-state index in [9.17, 15) is 34.5 Å². The summed E-state index contributed by atoms with van der Waals surface area (Å²) in [5.74, 6) is 0. The van der Waals surface area contributed by atoms with E-state index >= 15 is 0 Å². The molecule has 0 saturated heterocycles. The second-order valence-electron chi connectivity index (χ2n) is 3.51. The summed E-state index contributed by atoms with van der Waals surface area (Å²) < 4.78 is 80.0. The molecule has 20 heavy (non-hydrogen) atoms. The van der Waals surface area contributed by atoms with Crippen molar-refractivity contribution in [2.45, 2.75) is 45.6 Å². The van der Waals surface area contributed by atoms with Crippen LogP contribution in [-0.2, 0) is 0 Å². The van der Waals surface area contributed by atoms with Gasteiger partial charge in [-0.05, 0) is 19.3 Å². The van der Waals surface area contributed by atoms with Crippen LogP contribution in [0, 0.1) is 0 Å². The third-order valence-corrected chi connectivity index (χ3v) is 3.84. The molecule has 0 aliphatic carbocycles. The number of rotatable bonds is 4. The molecule has 0 unspecified atom stereocenters. The predicted molar refractivity (Wildman–Crippen MR) is 73.7 cm³/mol. The van der Waals surface area contributed by atoms with Crippen molar-refractivity contribution in [3.8, 4) is 0 Å². The third kappa shape index (κ3) is 23.6. The van der Waals surface area contributed by atoms with Crippen LogP contribution in [0.4, 0.5) is 34.5 Å². The Morgan fingerprint density at radius 3 is 0.850 bits per heavy atom. The zero-order valence-corrected chi connectivity index (χ0v) is 14.2. The highest BCUT2D eigenvalue weighted by molar-refractivity contribution is 9.21. The Bertz CT molecular complexity index is 200. The molecule has 0 aromatic rings. The van der Waals surface area contributed by atoms with Gasteiger partial charge in [-0.15, -0.1) is 0 Å². The van der Waals surface area contributed by atoms with Gasteiger partial charge in [0.25, 0.3) is 0 Å². The first-order valence-corrected chi connectivity index (χ1v) is 6.91. The summed E-state index contributed by atoms with van der Waals surface area (Å²) in [6.45, 7) is 6.63. The molecule has 0 saturated carbocycles. The lowest BCUT2D eigenvalue weighted by Gasteiger charge is -2.33. The van der Waals surface area contributed by atoms with Gasteiger partial charge in [0.15, 0.2) is 0 Å². The first-order valence-electron chi connectivity index (χ1n) is 5.49. The van der Waals surface area contributed by atoms with Crippen molar-refractivity contribution in [1.29, 1.82) is 0 Å². The minimum atomic E-state index is -6.00. The first-order chi connectivity index (χ1) is 8.63. The Balaban J connectivity index is -0.000000244. The molecule has 0 aliphatic rings. The van der Waals surface area contributed by atoms with Gasteiger partial charge in [-0.25, -0.2) is 0 Å². The standard InChI is InChI=1S/C7H15Br2N.2BF4/c1-4-7(5-2,6-3)10(8)9;2*2-1(3,4)5/h4-6H2,1-3H3;;/q;2*-1. The van der Waals surface area contributed by atoms with Crippen LogP contribution >= 0.6 is 32.3 Å². The monoisotopic (exact) mass is 445 g/mol. The van der Waals surface area contributed by atoms with Gasteiger partial charge in [0.2, 0.25) is 0 Å². The Hall–Kier alpha value is 0.490. The molecule has 0 aromatic carbocycles. The van der Waals surface area contributed by atoms with E-state index in [-0.39, 0.29) is 0 Å². The van der Waals surface area contributed by atoms with Crippen LogP contribution in [-0.4, -0.2) is 23.0 Å². The minimum Gasteiger partial charge on any atom is -0.418 e. The lowest BCUT2D eigenvalue weighted by Crippen LogP contribution is -2.35. The molecule has 0 fully saturated rings. The molecular formula is C7H15B2Br2F8N-2. The van der Waals surface area contributed by atoms with Crippen LogP contribution in [0.2, 0.25) is 0 Å². The lowest BCUT2D eigenvalue weighted by molar-refractivity contribution is 0.283. The molecule has 1 nitrogen and oxygen atoms in total. The Morgan fingerprint density at radius 1 is 0.700 bits per heavy atom. The lowest BCUT2D eigenvalue weighted by atomic mass is 9.91. The summed E-state index contributed by atoms with van der Waals surface area (Å²) in [6, 6.07) is 0. The molecule has 0 rings (SSSR count). The van der Waals surface area contributed by atoms with Gasteiger partial charge in [0.1, 0.15) is 0 Å². The fourth-order valence-corrected chi connectivity index (χ4v) is 2.61. The van der Waals surface area contributed by atoms with Gasteiger partial charge >= 0.3 is 14.5 Å². The molecule has 0 atom stereocenters. The maximum absolute atomic E-state index is 9.75. The second kappa shape index (κ2) is 11.1. The fourth-order valence-electron chi connectivity index (χ4n) is 1.11. The van der Waals surface area contributed by atoms with Crippen molar-refractivity contribution in [2.24, 2.45) is 0 Å². The number of nitrogens with zero attached hydrogens (tertiary/aromatic N) is 1. The molecule has 0 N–H and O–H groups in total. The van der Waals surface area contributed by atoms with Gasteiger partial charge in [0.05, 0.1) is 0 Å². The van der Waals surface area contributed by atoms with Crippen LogP contribution in [0.15, 0.2) is 0 Å². The first kappa shape index (κ1) is 25.4. The van der Waals surface area contributed by atoms with E-state index in [0.717, 1.165) is 19.3 Å². The zero-order chi connectivity index (χ0) is 17.2. The summed E-state index contributed by atoms with van der Waals surface area (Å²) in [7, 11) is -12.0. The van der Waals surface area contributed by atoms with Crippen LogP contribution < -0.4 is 0 Å². The van der Waals surface area contributed by atoms with Gasteiger partial charge < -0.3 is 34.5 Å². The van der Waals surface area contributed by atoms with Crippen molar-refractivity contribution >= 4 is 46.8 Å². The molecule has 0 heterocycles. The van der Waals surface area contributed by atoms with Crippen LogP contribution in [0.3, 0.4) is 0 Å². The highest BCUT2D eigenvalue weighted by Crippen LogP contribution is 2.33. The molecule has 0 bridgehead atoms.